The van der Waals surface area contributed by atoms with Gasteiger partial charge in [-0.25, -0.2) is 4.98 Å². The van der Waals surface area contributed by atoms with E-state index in [1.54, 1.807) is 17.1 Å². The summed E-state index contributed by atoms with van der Waals surface area (Å²) >= 11 is 6.13. The third kappa shape index (κ3) is 2.92. The van der Waals surface area contributed by atoms with Gasteiger partial charge in [0, 0.05) is 37.7 Å². The summed E-state index contributed by atoms with van der Waals surface area (Å²) in [6, 6.07) is 7.70. The molecule has 1 unspecified atom stereocenters. The summed E-state index contributed by atoms with van der Waals surface area (Å²) in [5.41, 5.74) is 1.99. The summed E-state index contributed by atoms with van der Waals surface area (Å²) < 4.78 is 3.75. The van der Waals surface area contributed by atoms with Gasteiger partial charge in [-0.2, -0.15) is 5.10 Å². The van der Waals surface area contributed by atoms with Gasteiger partial charge in [-0.1, -0.05) is 23.7 Å². The van der Waals surface area contributed by atoms with Crippen LogP contribution in [0.4, 0.5) is 5.69 Å². The van der Waals surface area contributed by atoms with Crippen LogP contribution in [-0.2, 0) is 14.1 Å². The molecule has 0 amide bonds. The summed E-state index contributed by atoms with van der Waals surface area (Å²) in [6.45, 7) is 0. The fourth-order valence-electron chi connectivity index (χ4n) is 2.30. The van der Waals surface area contributed by atoms with Crippen molar-refractivity contribution in [3.8, 4) is 0 Å². The Bertz CT molecular complexity index is 746. The maximum absolute atomic E-state index is 6.13. The molecule has 1 N–H and O–H groups in total. The first-order valence-electron chi connectivity index (χ1n) is 6.61. The van der Waals surface area contributed by atoms with E-state index in [0.717, 1.165) is 17.1 Å². The van der Waals surface area contributed by atoms with Crippen molar-refractivity contribution in [2.24, 2.45) is 14.1 Å². The largest absolute Gasteiger partial charge is 0.369 e. The smallest absolute Gasteiger partial charge is 0.135 e. The molecule has 0 spiro atoms. The third-order valence-electron chi connectivity index (χ3n) is 3.31. The number of anilines is 1. The molecule has 0 aliphatic rings. The van der Waals surface area contributed by atoms with Crippen molar-refractivity contribution < 1.29 is 0 Å². The van der Waals surface area contributed by atoms with Crippen molar-refractivity contribution in [2.45, 2.75) is 6.04 Å². The van der Waals surface area contributed by atoms with Crippen LogP contribution in [0.5, 0.6) is 0 Å². The van der Waals surface area contributed by atoms with Crippen LogP contribution in [0.25, 0.3) is 0 Å². The highest BCUT2D eigenvalue weighted by molar-refractivity contribution is 6.30. The molecule has 0 aliphatic heterocycles. The summed E-state index contributed by atoms with van der Waals surface area (Å²) in [5.74, 6) is 0.918. The number of rotatable bonds is 4. The first-order valence-corrected chi connectivity index (χ1v) is 6.99. The Morgan fingerprint density at radius 2 is 2.14 bits per heavy atom. The molecule has 2 aromatic heterocycles. The molecule has 0 fully saturated rings. The Hall–Kier alpha value is -2.27. The van der Waals surface area contributed by atoms with E-state index in [0.29, 0.717) is 5.02 Å². The van der Waals surface area contributed by atoms with E-state index in [1.807, 2.05) is 55.3 Å². The minimum Gasteiger partial charge on any atom is -0.369 e. The minimum atomic E-state index is -0.0899. The Labute approximate surface area is 128 Å². The van der Waals surface area contributed by atoms with Gasteiger partial charge in [-0.05, 0) is 17.7 Å². The molecule has 5 nitrogen and oxygen atoms in total. The van der Waals surface area contributed by atoms with E-state index in [1.165, 1.54) is 0 Å². The van der Waals surface area contributed by atoms with Crippen LogP contribution >= 0.6 is 11.6 Å². The van der Waals surface area contributed by atoms with Gasteiger partial charge in [0.05, 0.1) is 11.9 Å². The van der Waals surface area contributed by atoms with Gasteiger partial charge in [0.15, 0.2) is 0 Å². The van der Waals surface area contributed by atoms with Gasteiger partial charge >= 0.3 is 0 Å². The average molecular weight is 302 g/mol. The molecule has 0 radical (unpaired) electrons. The predicted octanol–water partition coefficient (Wildman–Crippen LogP) is 3.01. The lowest BCUT2D eigenvalue weighted by molar-refractivity contribution is 0.747. The number of benzene rings is 1. The van der Waals surface area contributed by atoms with Crippen LogP contribution in [0.3, 0.4) is 0 Å². The molecule has 0 saturated carbocycles. The van der Waals surface area contributed by atoms with Crippen LogP contribution < -0.4 is 5.32 Å². The second-order valence-electron chi connectivity index (χ2n) is 4.93. The Morgan fingerprint density at radius 3 is 2.76 bits per heavy atom. The standard InChI is InChI=1S/C15H16ClN5/c1-20-7-6-17-15(20)14(11-4-3-5-12(16)8-11)19-13-9-18-21(2)10-13/h3-10,14,19H,1-2H3. The molecule has 2 heterocycles. The van der Waals surface area contributed by atoms with E-state index < -0.39 is 0 Å². The highest BCUT2D eigenvalue weighted by atomic mass is 35.5. The lowest BCUT2D eigenvalue weighted by Crippen LogP contribution is -2.16. The van der Waals surface area contributed by atoms with Crippen molar-refractivity contribution in [3.63, 3.8) is 0 Å². The maximum atomic E-state index is 6.13. The Kier molecular flexibility index (Phi) is 3.66. The van der Waals surface area contributed by atoms with Gasteiger partial charge in [0.1, 0.15) is 11.9 Å². The number of nitrogens with zero attached hydrogens (tertiary/aromatic N) is 4. The molecule has 1 atom stereocenters. The highest BCUT2D eigenvalue weighted by Crippen LogP contribution is 2.27. The first-order chi connectivity index (χ1) is 10.1. The zero-order valence-electron chi connectivity index (χ0n) is 11.9. The Balaban J connectivity index is 2.00. The van der Waals surface area contributed by atoms with Gasteiger partial charge < -0.3 is 9.88 Å². The molecule has 3 aromatic rings. The zero-order chi connectivity index (χ0) is 14.8. The molecular formula is C15H16ClN5. The summed E-state index contributed by atoms with van der Waals surface area (Å²) in [4.78, 5) is 4.46. The SMILES string of the molecule is Cn1cc(NC(c2cccc(Cl)c2)c2nccn2C)cn1. The maximum Gasteiger partial charge on any atom is 0.135 e. The van der Waals surface area contributed by atoms with Crippen LogP contribution in [-0.4, -0.2) is 19.3 Å². The van der Waals surface area contributed by atoms with Crippen LogP contribution in [0.2, 0.25) is 5.02 Å². The fraction of sp³-hybridized carbons (Fsp3) is 0.200. The minimum absolute atomic E-state index is 0.0899. The van der Waals surface area contributed by atoms with Crippen molar-refractivity contribution in [1.82, 2.24) is 19.3 Å². The number of hydrogen-bond donors (Lipinski definition) is 1. The number of halogens is 1. The van der Waals surface area contributed by atoms with Crippen LogP contribution in [0, 0.1) is 0 Å². The van der Waals surface area contributed by atoms with Gasteiger partial charge in [0.2, 0.25) is 0 Å². The van der Waals surface area contributed by atoms with E-state index >= 15 is 0 Å². The molecule has 21 heavy (non-hydrogen) atoms. The number of aryl methyl sites for hydroxylation is 2. The van der Waals surface area contributed by atoms with Crippen LogP contribution in [0.15, 0.2) is 49.1 Å². The lowest BCUT2D eigenvalue weighted by Gasteiger charge is -2.19. The summed E-state index contributed by atoms with van der Waals surface area (Å²) in [5, 5.41) is 8.35. The van der Waals surface area contributed by atoms with Gasteiger partial charge in [-0.3, -0.25) is 4.68 Å². The molecule has 3 rings (SSSR count). The molecular weight excluding hydrogens is 286 g/mol. The van der Waals surface area contributed by atoms with E-state index in [4.69, 9.17) is 11.6 Å². The van der Waals surface area contributed by atoms with E-state index in [9.17, 15) is 0 Å². The van der Waals surface area contributed by atoms with Crippen molar-refractivity contribution >= 4 is 17.3 Å². The van der Waals surface area contributed by atoms with E-state index in [2.05, 4.69) is 15.4 Å². The second-order valence-corrected chi connectivity index (χ2v) is 5.37. The molecule has 1 aromatic carbocycles. The molecule has 0 saturated heterocycles. The lowest BCUT2D eigenvalue weighted by atomic mass is 10.1. The van der Waals surface area contributed by atoms with Crippen LogP contribution in [0.1, 0.15) is 17.4 Å². The second kappa shape index (κ2) is 5.61. The molecule has 0 bridgehead atoms. The highest BCUT2D eigenvalue weighted by Gasteiger charge is 2.19. The quantitative estimate of drug-likeness (QED) is 0.806. The molecule has 0 aliphatic carbocycles. The fourth-order valence-corrected chi connectivity index (χ4v) is 2.50. The third-order valence-corrected chi connectivity index (χ3v) is 3.55. The van der Waals surface area contributed by atoms with E-state index in [-0.39, 0.29) is 6.04 Å². The monoisotopic (exact) mass is 301 g/mol. The summed E-state index contributed by atoms with van der Waals surface area (Å²) in [6.07, 6.45) is 7.44. The average Bonchev–Trinajstić information content (AvgIpc) is 3.05. The van der Waals surface area contributed by atoms with Crippen molar-refractivity contribution in [2.75, 3.05) is 5.32 Å². The van der Waals surface area contributed by atoms with Gasteiger partial charge in [0.25, 0.3) is 0 Å². The summed E-state index contributed by atoms with van der Waals surface area (Å²) in [7, 11) is 3.87. The number of nitrogens with one attached hydrogen (secondary N) is 1. The van der Waals surface area contributed by atoms with Crippen molar-refractivity contribution in [1.29, 1.82) is 0 Å². The number of imidazole rings is 1. The first kappa shape index (κ1) is 13.7. The number of hydrogen-bond acceptors (Lipinski definition) is 3. The topological polar surface area (TPSA) is 47.7 Å². The zero-order valence-corrected chi connectivity index (χ0v) is 12.6. The normalized spacial score (nSPS) is 12.3. The Morgan fingerprint density at radius 1 is 1.29 bits per heavy atom. The van der Waals surface area contributed by atoms with Gasteiger partial charge in [-0.15, -0.1) is 0 Å². The molecule has 108 valence electrons. The molecule has 6 heteroatoms. The van der Waals surface area contributed by atoms with Crippen molar-refractivity contribution in [3.05, 3.63) is 65.5 Å². The number of aromatic nitrogens is 4. The predicted molar refractivity (Wildman–Crippen MR) is 83.3 cm³/mol.